The molecular formula is C12H14N2O6. The largest absolute Gasteiger partial charge is 0.480 e. The number of hydrogen-bond acceptors (Lipinski definition) is 5. The molecule has 1 aromatic rings. The van der Waals surface area contributed by atoms with Gasteiger partial charge in [0.05, 0.1) is 4.92 Å². The van der Waals surface area contributed by atoms with E-state index in [9.17, 15) is 19.7 Å². The summed E-state index contributed by atoms with van der Waals surface area (Å²) < 4.78 is 4.60. The molecule has 1 rings (SSSR count). The number of benzene rings is 1. The molecule has 0 saturated heterocycles. The van der Waals surface area contributed by atoms with Crippen molar-refractivity contribution in [2.45, 2.75) is 12.5 Å². The van der Waals surface area contributed by atoms with Crippen LogP contribution in [0.3, 0.4) is 0 Å². The van der Waals surface area contributed by atoms with E-state index in [-0.39, 0.29) is 18.7 Å². The van der Waals surface area contributed by atoms with E-state index in [2.05, 4.69) is 10.1 Å². The second-order valence-corrected chi connectivity index (χ2v) is 4.02. The van der Waals surface area contributed by atoms with Crippen molar-refractivity contribution in [1.29, 1.82) is 0 Å². The van der Waals surface area contributed by atoms with Crippen LogP contribution in [0, 0.1) is 10.1 Å². The first-order valence-electron chi connectivity index (χ1n) is 5.68. The number of ether oxygens (including phenoxy) is 1. The first-order valence-corrected chi connectivity index (χ1v) is 5.68. The number of nitro benzene ring substituents is 1. The predicted octanol–water partition coefficient (Wildman–Crippen LogP) is 0.353. The number of nitrogens with zero attached hydrogens (tertiary/aromatic N) is 1. The van der Waals surface area contributed by atoms with E-state index in [1.165, 1.54) is 31.4 Å². The summed E-state index contributed by atoms with van der Waals surface area (Å²) in [5.74, 6) is -1.73. The summed E-state index contributed by atoms with van der Waals surface area (Å²) in [5, 5.41) is 21.8. The molecule has 1 atom stereocenters. The number of rotatable bonds is 7. The van der Waals surface area contributed by atoms with Gasteiger partial charge in [-0.1, -0.05) is 12.1 Å². The van der Waals surface area contributed by atoms with Crippen LogP contribution in [0.25, 0.3) is 0 Å². The lowest BCUT2D eigenvalue weighted by atomic mass is 10.1. The molecule has 8 nitrogen and oxygen atoms in total. The Labute approximate surface area is 114 Å². The summed E-state index contributed by atoms with van der Waals surface area (Å²) in [4.78, 5) is 32.3. The molecule has 0 bridgehead atoms. The van der Waals surface area contributed by atoms with Crippen molar-refractivity contribution in [3.63, 3.8) is 0 Å². The van der Waals surface area contributed by atoms with Crippen molar-refractivity contribution in [3.8, 4) is 0 Å². The molecule has 0 aliphatic heterocycles. The summed E-state index contributed by atoms with van der Waals surface area (Å²) in [6.45, 7) is -0.232. The van der Waals surface area contributed by atoms with Crippen LogP contribution in [0.5, 0.6) is 0 Å². The number of nitro groups is 1. The molecule has 1 aromatic carbocycles. The van der Waals surface area contributed by atoms with Gasteiger partial charge in [-0.15, -0.1) is 0 Å². The van der Waals surface area contributed by atoms with Crippen LogP contribution in [0.4, 0.5) is 5.69 Å². The van der Waals surface area contributed by atoms with Gasteiger partial charge in [-0.3, -0.25) is 14.9 Å². The van der Waals surface area contributed by atoms with E-state index in [0.717, 1.165) is 0 Å². The molecule has 0 saturated carbocycles. The fourth-order valence-corrected chi connectivity index (χ4v) is 1.56. The van der Waals surface area contributed by atoms with Crippen LogP contribution in [0.2, 0.25) is 0 Å². The smallest absolute Gasteiger partial charge is 0.326 e. The quantitative estimate of drug-likeness (QED) is 0.550. The van der Waals surface area contributed by atoms with Gasteiger partial charge >= 0.3 is 5.97 Å². The zero-order chi connectivity index (χ0) is 15.1. The Morgan fingerprint density at radius 3 is 2.45 bits per heavy atom. The SMILES string of the molecule is COCC(=O)N[C@@H](Cc1ccc([N+](=O)[O-])cc1)C(=O)O. The van der Waals surface area contributed by atoms with Crippen LogP contribution >= 0.6 is 0 Å². The van der Waals surface area contributed by atoms with Gasteiger partial charge in [0.1, 0.15) is 12.6 Å². The Kier molecular flexibility index (Phi) is 5.60. The van der Waals surface area contributed by atoms with Gasteiger partial charge in [-0.05, 0) is 5.56 Å². The highest BCUT2D eigenvalue weighted by atomic mass is 16.6. The third kappa shape index (κ3) is 4.65. The lowest BCUT2D eigenvalue weighted by Gasteiger charge is -2.14. The fraction of sp³-hybridized carbons (Fsp3) is 0.333. The molecule has 0 aromatic heterocycles. The van der Waals surface area contributed by atoms with Crippen molar-refractivity contribution < 1.29 is 24.4 Å². The maximum absolute atomic E-state index is 11.3. The summed E-state index contributed by atoms with van der Waals surface area (Å²) in [6.07, 6.45) is 0.0305. The molecule has 20 heavy (non-hydrogen) atoms. The van der Waals surface area contributed by atoms with Crippen molar-refractivity contribution in [2.24, 2.45) is 0 Å². The average molecular weight is 282 g/mol. The molecule has 0 spiro atoms. The zero-order valence-electron chi connectivity index (χ0n) is 10.7. The standard InChI is InChI=1S/C12H14N2O6/c1-20-7-11(15)13-10(12(16)17)6-8-2-4-9(5-3-8)14(18)19/h2-5,10H,6-7H2,1H3,(H,13,15)(H,16,17)/t10-/m0/s1. The van der Waals surface area contributed by atoms with Crippen molar-refractivity contribution in [1.82, 2.24) is 5.32 Å². The van der Waals surface area contributed by atoms with E-state index < -0.39 is 22.8 Å². The summed E-state index contributed by atoms with van der Waals surface area (Å²) in [7, 11) is 1.33. The fourth-order valence-electron chi connectivity index (χ4n) is 1.56. The highest BCUT2D eigenvalue weighted by Crippen LogP contribution is 2.13. The summed E-state index contributed by atoms with van der Waals surface area (Å²) in [5.41, 5.74) is 0.491. The van der Waals surface area contributed by atoms with Gasteiger partial charge in [-0.2, -0.15) is 0 Å². The number of carboxylic acids is 1. The lowest BCUT2D eigenvalue weighted by Crippen LogP contribution is -2.43. The topological polar surface area (TPSA) is 119 Å². The van der Waals surface area contributed by atoms with Crippen molar-refractivity contribution in [3.05, 3.63) is 39.9 Å². The Morgan fingerprint density at radius 2 is 2.00 bits per heavy atom. The molecular weight excluding hydrogens is 268 g/mol. The van der Waals surface area contributed by atoms with E-state index in [0.29, 0.717) is 5.56 Å². The van der Waals surface area contributed by atoms with Gasteiger partial charge in [-0.25, -0.2) is 4.79 Å². The maximum Gasteiger partial charge on any atom is 0.326 e. The number of amides is 1. The maximum atomic E-state index is 11.3. The average Bonchev–Trinajstić information content (AvgIpc) is 2.38. The highest BCUT2D eigenvalue weighted by Gasteiger charge is 2.20. The number of nitrogens with one attached hydrogen (secondary N) is 1. The minimum absolute atomic E-state index is 0.0305. The number of non-ortho nitro benzene ring substituents is 1. The third-order valence-electron chi connectivity index (χ3n) is 2.50. The minimum atomic E-state index is -1.19. The van der Waals surface area contributed by atoms with Crippen molar-refractivity contribution in [2.75, 3.05) is 13.7 Å². The number of carboxylic acid groups (broad SMARTS) is 1. The number of carbonyl (C=O) groups is 2. The second-order valence-electron chi connectivity index (χ2n) is 4.02. The van der Waals surface area contributed by atoms with E-state index >= 15 is 0 Å². The van der Waals surface area contributed by atoms with Crippen LogP contribution < -0.4 is 5.32 Å². The third-order valence-corrected chi connectivity index (χ3v) is 2.50. The van der Waals surface area contributed by atoms with E-state index in [1.54, 1.807) is 0 Å². The second kappa shape index (κ2) is 7.19. The number of carbonyl (C=O) groups excluding carboxylic acids is 1. The first kappa shape index (κ1) is 15.6. The van der Waals surface area contributed by atoms with Gasteiger partial charge in [0, 0.05) is 25.7 Å². The Balaban J connectivity index is 2.72. The molecule has 1 amide bonds. The molecule has 2 N–H and O–H groups in total. The zero-order valence-corrected chi connectivity index (χ0v) is 10.7. The Morgan fingerprint density at radius 1 is 1.40 bits per heavy atom. The van der Waals surface area contributed by atoms with Gasteiger partial charge in [0.2, 0.25) is 5.91 Å². The van der Waals surface area contributed by atoms with E-state index in [4.69, 9.17) is 5.11 Å². The highest BCUT2D eigenvalue weighted by molar-refractivity contribution is 5.84. The Hall–Kier alpha value is -2.48. The predicted molar refractivity (Wildman–Crippen MR) is 68.2 cm³/mol. The van der Waals surface area contributed by atoms with Crippen LogP contribution in [-0.2, 0) is 20.7 Å². The summed E-state index contributed by atoms with van der Waals surface area (Å²) >= 11 is 0. The molecule has 8 heteroatoms. The molecule has 0 radical (unpaired) electrons. The molecule has 108 valence electrons. The molecule has 0 heterocycles. The van der Waals surface area contributed by atoms with Crippen LogP contribution in [-0.4, -0.2) is 41.7 Å². The normalized spacial score (nSPS) is 11.7. The molecule has 0 aliphatic rings. The number of hydrogen-bond donors (Lipinski definition) is 2. The van der Waals surface area contributed by atoms with Gasteiger partial charge in [0.15, 0.2) is 0 Å². The van der Waals surface area contributed by atoms with Gasteiger partial charge in [0.25, 0.3) is 5.69 Å². The Bertz CT molecular complexity index is 499. The summed E-state index contributed by atoms with van der Waals surface area (Å²) in [6, 6.07) is 4.36. The first-order chi connectivity index (χ1) is 9.43. The van der Waals surface area contributed by atoms with Gasteiger partial charge < -0.3 is 15.2 Å². The molecule has 0 aliphatic carbocycles. The van der Waals surface area contributed by atoms with Crippen LogP contribution in [0.15, 0.2) is 24.3 Å². The van der Waals surface area contributed by atoms with E-state index in [1.807, 2.05) is 0 Å². The van der Waals surface area contributed by atoms with Crippen LogP contribution in [0.1, 0.15) is 5.56 Å². The minimum Gasteiger partial charge on any atom is -0.480 e. The monoisotopic (exact) mass is 282 g/mol. The lowest BCUT2D eigenvalue weighted by molar-refractivity contribution is -0.384. The van der Waals surface area contributed by atoms with Crippen molar-refractivity contribution >= 4 is 17.6 Å². The molecule has 0 fully saturated rings. The number of methoxy groups -OCH3 is 1. The molecule has 0 unspecified atom stereocenters. The number of aliphatic carboxylic acids is 1.